The van der Waals surface area contributed by atoms with Gasteiger partial charge in [-0.25, -0.2) is 0 Å². The van der Waals surface area contributed by atoms with E-state index in [-0.39, 0.29) is 29.5 Å². The molecule has 2 saturated heterocycles. The summed E-state index contributed by atoms with van der Waals surface area (Å²) < 4.78 is 27.8. The van der Waals surface area contributed by atoms with Crippen LogP contribution in [0.3, 0.4) is 0 Å². The van der Waals surface area contributed by atoms with Crippen LogP contribution in [0.5, 0.6) is 0 Å². The highest BCUT2D eigenvalue weighted by molar-refractivity contribution is 7.86. The molecule has 2 aliphatic rings. The molecule has 2 fully saturated rings. The Morgan fingerprint density at radius 2 is 1.71 bits per heavy atom. The summed E-state index contributed by atoms with van der Waals surface area (Å²) >= 11 is 0. The number of fused-ring (bicyclic) bond motifs is 2. The van der Waals surface area contributed by atoms with Crippen molar-refractivity contribution in [3.8, 4) is 0 Å². The maximum absolute atomic E-state index is 12.6. The molecule has 1 amide bonds. The largest absolute Gasteiger partial charge is 0.337 e. The summed E-state index contributed by atoms with van der Waals surface area (Å²) in [6.45, 7) is 6.21. The zero-order valence-corrected chi connectivity index (χ0v) is 14.3. The molecule has 0 aromatic rings. The number of nitrogens with zero attached hydrogens (tertiary/aromatic N) is 1. The predicted molar refractivity (Wildman–Crippen MR) is 81.3 cm³/mol. The standard InChI is InChI=1S/C15H27NO4S/c1-15(2,3)10-14(17)16-11-6-5-7-12(16)9-13(8-11)20-21(4,18)19/h11-13H,5-10H2,1-4H3/t11-,12+,13+. The van der Waals surface area contributed by atoms with E-state index in [4.69, 9.17) is 4.18 Å². The first-order valence-corrected chi connectivity index (χ1v) is 9.56. The van der Waals surface area contributed by atoms with Crippen LogP contribution < -0.4 is 0 Å². The van der Waals surface area contributed by atoms with Crippen molar-refractivity contribution in [2.75, 3.05) is 6.26 Å². The topological polar surface area (TPSA) is 63.7 Å². The molecule has 0 N–H and O–H groups in total. The monoisotopic (exact) mass is 317 g/mol. The molecule has 0 saturated carbocycles. The highest BCUT2D eigenvalue weighted by Crippen LogP contribution is 2.37. The van der Waals surface area contributed by atoms with E-state index < -0.39 is 10.1 Å². The van der Waals surface area contributed by atoms with Crippen molar-refractivity contribution < 1.29 is 17.4 Å². The summed E-state index contributed by atoms with van der Waals surface area (Å²) in [5.74, 6) is 0.204. The van der Waals surface area contributed by atoms with E-state index in [1.54, 1.807) is 0 Å². The zero-order valence-electron chi connectivity index (χ0n) is 13.5. The maximum Gasteiger partial charge on any atom is 0.264 e. The zero-order chi connectivity index (χ0) is 15.8. The first-order valence-electron chi connectivity index (χ1n) is 7.74. The summed E-state index contributed by atoms with van der Waals surface area (Å²) in [6, 6.07) is 0.276. The molecule has 0 spiro atoms. The Labute approximate surface area is 128 Å². The number of hydrogen-bond donors (Lipinski definition) is 0. The van der Waals surface area contributed by atoms with Crippen LogP contribution in [0, 0.1) is 5.41 Å². The molecule has 122 valence electrons. The summed E-state index contributed by atoms with van der Waals surface area (Å²) in [6.07, 6.45) is 5.66. The molecule has 0 unspecified atom stereocenters. The molecule has 2 bridgehead atoms. The molecule has 0 aromatic heterocycles. The van der Waals surface area contributed by atoms with Gasteiger partial charge < -0.3 is 4.90 Å². The van der Waals surface area contributed by atoms with Gasteiger partial charge in [0.15, 0.2) is 0 Å². The summed E-state index contributed by atoms with van der Waals surface area (Å²) in [7, 11) is -3.42. The van der Waals surface area contributed by atoms with Crippen molar-refractivity contribution in [2.24, 2.45) is 5.41 Å². The fourth-order valence-corrected chi connectivity index (χ4v) is 4.26. The van der Waals surface area contributed by atoms with Crippen LogP contribution in [0.4, 0.5) is 0 Å². The van der Waals surface area contributed by atoms with E-state index >= 15 is 0 Å². The van der Waals surface area contributed by atoms with Crippen LogP contribution in [0.25, 0.3) is 0 Å². The van der Waals surface area contributed by atoms with Crippen molar-refractivity contribution in [3.05, 3.63) is 0 Å². The van der Waals surface area contributed by atoms with Crippen molar-refractivity contribution >= 4 is 16.0 Å². The second-order valence-electron chi connectivity index (χ2n) is 7.67. The average Bonchev–Trinajstić information content (AvgIpc) is 2.22. The lowest BCUT2D eigenvalue weighted by Gasteiger charge is -2.49. The van der Waals surface area contributed by atoms with Crippen molar-refractivity contribution in [1.29, 1.82) is 0 Å². The molecule has 21 heavy (non-hydrogen) atoms. The fraction of sp³-hybridized carbons (Fsp3) is 0.933. The number of amides is 1. The van der Waals surface area contributed by atoms with Gasteiger partial charge in [0.05, 0.1) is 12.4 Å². The van der Waals surface area contributed by atoms with Gasteiger partial charge in [-0.2, -0.15) is 8.42 Å². The van der Waals surface area contributed by atoms with Gasteiger partial charge in [-0.3, -0.25) is 8.98 Å². The van der Waals surface area contributed by atoms with Gasteiger partial charge in [-0.15, -0.1) is 0 Å². The van der Waals surface area contributed by atoms with Crippen LogP contribution in [-0.4, -0.2) is 43.7 Å². The molecule has 3 atom stereocenters. The molecule has 0 aliphatic carbocycles. The molecule has 2 heterocycles. The van der Waals surface area contributed by atoms with Gasteiger partial charge in [0.1, 0.15) is 0 Å². The van der Waals surface area contributed by atoms with Gasteiger partial charge in [-0.05, 0) is 37.5 Å². The summed E-state index contributed by atoms with van der Waals surface area (Å²) in [4.78, 5) is 14.6. The highest BCUT2D eigenvalue weighted by Gasteiger charge is 2.42. The van der Waals surface area contributed by atoms with Crippen LogP contribution in [0.15, 0.2) is 0 Å². The van der Waals surface area contributed by atoms with Gasteiger partial charge in [-0.1, -0.05) is 20.8 Å². The quantitative estimate of drug-likeness (QED) is 0.749. The maximum atomic E-state index is 12.6. The van der Waals surface area contributed by atoms with Crippen LogP contribution >= 0.6 is 0 Å². The SMILES string of the molecule is CC(C)(C)CC(=O)N1[C@@H]2CCC[C@H]1C[C@@H](OS(C)(=O)=O)C2. The van der Waals surface area contributed by atoms with Crippen LogP contribution in [0.1, 0.15) is 59.3 Å². The average molecular weight is 317 g/mol. The Hall–Kier alpha value is -0.620. The third-order valence-corrected chi connectivity index (χ3v) is 4.83. The van der Waals surface area contributed by atoms with E-state index in [9.17, 15) is 13.2 Å². The Kier molecular flexibility index (Phi) is 4.69. The van der Waals surface area contributed by atoms with E-state index in [0.717, 1.165) is 25.5 Å². The number of carbonyl (C=O) groups is 1. The number of carbonyl (C=O) groups excluding carboxylic acids is 1. The molecular formula is C15H27NO4S. The van der Waals surface area contributed by atoms with E-state index in [0.29, 0.717) is 19.3 Å². The number of piperidine rings is 2. The van der Waals surface area contributed by atoms with Crippen molar-refractivity contribution in [1.82, 2.24) is 4.90 Å². The van der Waals surface area contributed by atoms with Crippen LogP contribution in [-0.2, 0) is 19.1 Å². The number of hydrogen-bond acceptors (Lipinski definition) is 4. The van der Waals surface area contributed by atoms with Gasteiger partial charge in [0.25, 0.3) is 10.1 Å². The first kappa shape index (κ1) is 16.7. The fourth-order valence-electron chi connectivity index (χ4n) is 3.61. The molecule has 5 nitrogen and oxygen atoms in total. The van der Waals surface area contributed by atoms with Crippen LogP contribution in [0.2, 0.25) is 0 Å². The third kappa shape index (κ3) is 4.68. The predicted octanol–water partition coefficient (Wildman–Crippen LogP) is 2.31. The molecule has 2 rings (SSSR count). The van der Waals surface area contributed by atoms with Gasteiger partial charge in [0.2, 0.25) is 5.91 Å². The normalized spacial score (nSPS) is 30.3. The van der Waals surface area contributed by atoms with E-state index in [1.165, 1.54) is 0 Å². The number of rotatable bonds is 3. The Bertz CT molecular complexity index is 480. The second-order valence-corrected chi connectivity index (χ2v) is 9.27. The first-order chi connectivity index (χ1) is 9.55. The molecule has 2 aliphatic heterocycles. The van der Waals surface area contributed by atoms with Gasteiger partial charge in [0, 0.05) is 18.5 Å². The highest BCUT2D eigenvalue weighted by atomic mass is 32.2. The lowest BCUT2D eigenvalue weighted by Crippen LogP contribution is -2.56. The lowest BCUT2D eigenvalue weighted by atomic mass is 9.81. The molecule has 0 aromatic carbocycles. The minimum Gasteiger partial charge on any atom is -0.337 e. The minimum atomic E-state index is -3.42. The van der Waals surface area contributed by atoms with E-state index in [2.05, 4.69) is 20.8 Å². The smallest absolute Gasteiger partial charge is 0.264 e. The third-order valence-electron chi connectivity index (χ3n) is 4.21. The summed E-state index contributed by atoms with van der Waals surface area (Å²) in [5.41, 5.74) is -0.0223. The van der Waals surface area contributed by atoms with E-state index in [1.807, 2.05) is 4.90 Å². The minimum absolute atomic E-state index is 0.0223. The van der Waals surface area contributed by atoms with Gasteiger partial charge >= 0.3 is 0 Å². The van der Waals surface area contributed by atoms with Crippen molar-refractivity contribution in [2.45, 2.75) is 77.5 Å². The Morgan fingerprint density at radius 1 is 1.19 bits per heavy atom. The molecule has 0 radical (unpaired) electrons. The lowest BCUT2D eigenvalue weighted by molar-refractivity contribution is -0.145. The molecule has 6 heteroatoms. The Morgan fingerprint density at radius 3 is 2.14 bits per heavy atom. The second kappa shape index (κ2) is 5.88. The van der Waals surface area contributed by atoms with Crippen molar-refractivity contribution in [3.63, 3.8) is 0 Å². The summed E-state index contributed by atoms with van der Waals surface area (Å²) in [5, 5.41) is 0. The Balaban J connectivity index is 2.07. The molecular weight excluding hydrogens is 290 g/mol.